The number of benzene rings is 1. The van der Waals surface area contributed by atoms with Crippen LogP contribution < -0.4 is 4.90 Å². The standard InChI is InChI=1S/C18H23NOS2/c1-19(2)15-10-8-13(9-11-15)12-14-6-5-7-16(17(14)20)18(21-3)22-4/h8-12H,5-7H2,1-4H3/b14-12+. The van der Waals surface area contributed by atoms with Crippen LogP contribution in [-0.4, -0.2) is 32.4 Å². The fourth-order valence-corrected chi connectivity index (χ4v) is 4.16. The molecule has 2 rings (SSSR count). The summed E-state index contributed by atoms with van der Waals surface area (Å²) in [5, 5.41) is 0. The maximum atomic E-state index is 12.7. The molecule has 1 fully saturated rings. The van der Waals surface area contributed by atoms with Crippen molar-refractivity contribution in [3.63, 3.8) is 0 Å². The van der Waals surface area contributed by atoms with Crippen molar-refractivity contribution in [2.75, 3.05) is 31.5 Å². The lowest BCUT2D eigenvalue weighted by Crippen LogP contribution is -2.13. The largest absolute Gasteiger partial charge is 0.378 e. The Kier molecular flexibility index (Phi) is 6.21. The molecule has 0 aromatic heterocycles. The lowest BCUT2D eigenvalue weighted by molar-refractivity contribution is -0.112. The molecule has 0 bridgehead atoms. The van der Waals surface area contributed by atoms with Crippen LogP contribution >= 0.6 is 23.5 Å². The lowest BCUT2D eigenvalue weighted by atomic mass is 9.88. The van der Waals surface area contributed by atoms with E-state index in [2.05, 4.69) is 35.2 Å². The van der Waals surface area contributed by atoms with Crippen molar-refractivity contribution >= 4 is 41.1 Å². The van der Waals surface area contributed by atoms with Crippen LogP contribution in [0.1, 0.15) is 24.8 Å². The Morgan fingerprint density at radius 2 is 1.73 bits per heavy atom. The second-order valence-corrected chi connectivity index (χ2v) is 7.40. The Hall–Kier alpha value is -1.13. The monoisotopic (exact) mass is 333 g/mol. The molecule has 1 aliphatic rings. The van der Waals surface area contributed by atoms with Gasteiger partial charge in [-0.05, 0) is 55.5 Å². The highest BCUT2D eigenvalue weighted by molar-refractivity contribution is 8.21. The zero-order valence-corrected chi connectivity index (χ0v) is 15.3. The van der Waals surface area contributed by atoms with Gasteiger partial charge >= 0.3 is 0 Å². The fraction of sp³-hybridized carbons (Fsp3) is 0.389. The molecule has 0 N–H and O–H groups in total. The smallest absolute Gasteiger partial charge is 0.186 e. The van der Waals surface area contributed by atoms with Gasteiger partial charge in [-0.15, -0.1) is 23.5 Å². The number of anilines is 1. The maximum absolute atomic E-state index is 12.7. The number of hydrogen-bond donors (Lipinski definition) is 0. The summed E-state index contributed by atoms with van der Waals surface area (Å²) in [7, 11) is 4.06. The molecule has 4 heteroatoms. The Morgan fingerprint density at radius 3 is 2.27 bits per heavy atom. The molecular formula is C18H23NOS2. The first-order chi connectivity index (χ1) is 10.6. The van der Waals surface area contributed by atoms with Crippen LogP contribution in [0, 0.1) is 0 Å². The molecule has 0 aliphatic heterocycles. The highest BCUT2D eigenvalue weighted by atomic mass is 32.2. The van der Waals surface area contributed by atoms with Gasteiger partial charge in [-0.25, -0.2) is 0 Å². The minimum Gasteiger partial charge on any atom is -0.378 e. The van der Waals surface area contributed by atoms with Gasteiger partial charge in [0.15, 0.2) is 5.78 Å². The molecule has 0 saturated heterocycles. The number of hydrogen-bond acceptors (Lipinski definition) is 4. The zero-order chi connectivity index (χ0) is 16.1. The zero-order valence-electron chi connectivity index (χ0n) is 13.7. The first-order valence-electron chi connectivity index (χ1n) is 7.40. The molecule has 1 aromatic rings. The minimum absolute atomic E-state index is 0.238. The fourth-order valence-electron chi connectivity index (χ4n) is 2.61. The summed E-state index contributed by atoms with van der Waals surface area (Å²) in [6.07, 6.45) is 9.00. The summed E-state index contributed by atoms with van der Waals surface area (Å²) >= 11 is 3.37. The molecule has 0 radical (unpaired) electrons. The number of Topliss-reactive ketones (excluding diaryl/α,β-unsaturated/α-hetero) is 1. The molecule has 1 aliphatic carbocycles. The first-order valence-corrected chi connectivity index (χ1v) is 9.85. The number of nitrogens with zero attached hydrogens (tertiary/aromatic N) is 1. The molecule has 0 heterocycles. The molecule has 0 atom stereocenters. The van der Waals surface area contributed by atoms with Crippen molar-refractivity contribution < 1.29 is 4.79 Å². The first kappa shape index (κ1) is 17.2. The van der Waals surface area contributed by atoms with E-state index < -0.39 is 0 Å². The second kappa shape index (κ2) is 7.93. The van der Waals surface area contributed by atoms with Crippen LogP contribution in [0.5, 0.6) is 0 Å². The summed E-state index contributed by atoms with van der Waals surface area (Å²) in [5.41, 5.74) is 4.22. The summed E-state index contributed by atoms with van der Waals surface area (Å²) < 4.78 is 1.17. The van der Waals surface area contributed by atoms with Gasteiger partial charge in [0.1, 0.15) is 0 Å². The van der Waals surface area contributed by atoms with Crippen molar-refractivity contribution in [2.24, 2.45) is 0 Å². The molecule has 0 spiro atoms. The average molecular weight is 334 g/mol. The number of rotatable bonds is 4. The van der Waals surface area contributed by atoms with E-state index >= 15 is 0 Å². The number of allylic oxidation sites excluding steroid dienone is 2. The van der Waals surface area contributed by atoms with Crippen molar-refractivity contribution in [1.29, 1.82) is 0 Å². The number of carbonyl (C=O) groups is 1. The van der Waals surface area contributed by atoms with Gasteiger partial charge in [-0.3, -0.25) is 4.79 Å². The third kappa shape index (κ3) is 3.99. The van der Waals surface area contributed by atoms with E-state index in [-0.39, 0.29) is 5.78 Å². The van der Waals surface area contributed by atoms with Gasteiger partial charge in [0.05, 0.1) is 0 Å². The van der Waals surface area contributed by atoms with Gasteiger partial charge in [-0.2, -0.15) is 0 Å². The Morgan fingerprint density at radius 1 is 1.09 bits per heavy atom. The van der Waals surface area contributed by atoms with Gasteiger partial charge in [0.25, 0.3) is 0 Å². The predicted octanol–water partition coefficient (Wildman–Crippen LogP) is 4.83. The second-order valence-electron chi connectivity index (χ2n) is 5.51. The van der Waals surface area contributed by atoms with E-state index in [9.17, 15) is 4.79 Å². The Labute approximate surface area is 142 Å². The molecule has 0 unspecified atom stereocenters. The number of thioether (sulfide) groups is 2. The van der Waals surface area contributed by atoms with Gasteiger partial charge in [0.2, 0.25) is 0 Å². The highest BCUT2D eigenvalue weighted by Crippen LogP contribution is 2.36. The van der Waals surface area contributed by atoms with Gasteiger partial charge < -0.3 is 4.90 Å². The van der Waals surface area contributed by atoms with Gasteiger partial charge in [-0.1, -0.05) is 12.1 Å². The summed E-state index contributed by atoms with van der Waals surface area (Å²) in [6, 6.07) is 8.34. The minimum atomic E-state index is 0.238. The molecule has 0 amide bonds. The van der Waals surface area contributed by atoms with Crippen LogP contribution in [0.2, 0.25) is 0 Å². The van der Waals surface area contributed by atoms with Crippen molar-refractivity contribution in [1.82, 2.24) is 0 Å². The third-order valence-corrected chi connectivity index (χ3v) is 6.04. The quantitative estimate of drug-likeness (QED) is 0.735. The van der Waals surface area contributed by atoms with Crippen molar-refractivity contribution in [2.45, 2.75) is 19.3 Å². The van der Waals surface area contributed by atoms with Crippen molar-refractivity contribution in [3.8, 4) is 0 Å². The third-order valence-electron chi connectivity index (χ3n) is 3.81. The molecule has 1 saturated carbocycles. The summed E-state index contributed by atoms with van der Waals surface area (Å²) in [6.45, 7) is 0. The Balaban J connectivity index is 2.27. The topological polar surface area (TPSA) is 20.3 Å². The molecular weight excluding hydrogens is 310 g/mol. The number of ketones is 1. The molecule has 118 valence electrons. The highest BCUT2D eigenvalue weighted by Gasteiger charge is 2.23. The van der Waals surface area contributed by atoms with Crippen LogP contribution in [-0.2, 0) is 4.79 Å². The summed E-state index contributed by atoms with van der Waals surface area (Å²) in [5.74, 6) is 0.238. The molecule has 22 heavy (non-hydrogen) atoms. The number of carbonyl (C=O) groups excluding carboxylic acids is 1. The van der Waals surface area contributed by atoms with Gasteiger partial charge in [0, 0.05) is 35.2 Å². The maximum Gasteiger partial charge on any atom is 0.186 e. The van der Waals surface area contributed by atoms with Crippen LogP contribution in [0.4, 0.5) is 5.69 Å². The van der Waals surface area contributed by atoms with Crippen LogP contribution in [0.25, 0.3) is 6.08 Å². The van der Waals surface area contributed by atoms with Crippen molar-refractivity contribution in [3.05, 3.63) is 45.2 Å². The summed E-state index contributed by atoms with van der Waals surface area (Å²) in [4.78, 5) is 14.8. The van der Waals surface area contributed by atoms with E-state index in [1.165, 1.54) is 9.92 Å². The normalized spacial score (nSPS) is 17.0. The van der Waals surface area contributed by atoms with Crippen LogP contribution in [0.3, 0.4) is 0 Å². The Bertz CT molecular complexity index is 594. The van der Waals surface area contributed by atoms with Crippen LogP contribution in [0.15, 0.2) is 39.6 Å². The molecule has 1 aromatic carbocycles. The van der Waals surface area contributed by atoms with E-state index in [0.717, 1.165) is 36.0 Å². The predicted molar refractivity (Wildman–Crippen MR) is 102 cm³/mol. The SMILES string of the molecule is CSC(SC)=C1CCC/C(=C\c2ccc(N(C)C)cc2)C1=O. The van der Waals surface area contributed by atoms with E-state index in [1.54, 1.807) is 23.5 Å². The van der Waals surface area contributed by atoms with E-state index in [4.69, 9.17) is 0 Å². The molecule has 2 nitrogen and oxygen atoms in total. The lowest BCUT2D eigenvalue weighted by Gasteiger charge is -2.19. The average Bonchev–Trinajstić information content (AvgIpc) is 2.52. The van der Waals surface area contributed by atoms with E-state index in [0.29, 0.717) is 0 Å². The van der Waals surface area contributed by atoms with E-state index in [1.807, 2.05) is 26.6 Å².